The molecular weight excluding hydrogens is 344 g/mol. The second kappa shape index (κ2) is 7.72. The molecule has 1 aliphatic heterocycles. The highest BCUT2D eigenvalue weighted by Crippen LogP contribution is 2.26. The van der Waals surface area contributed by atoms with Crippen molar-refractivity contribution in [2.45, 2.75) is 43.5 Å². The average molecular weight is 370 g/mol. The van der Waals surface area contributed by atoms with Crippen LogP contribution >= 0.6 is 0 Å². The number of carboxylic acids is 1. The number of piperidine rings is 1. The summed E-state index contributed by atoms with van der Waals surface area (Å²) in [6.45, 7) is 6.15. The van der Waals surface area contributed by atoms with Gasteiger partial charge in [-0.3, -0.25) is 4.90 Å². The van der Waals surface area contributed by atoms with Crippen LogP contribution in [0.1, 0.15) is 43.5 Å². The predicted molar refractivity (Wildman–Crippen MR) is 94.6 cm³/mol. The topological polar surface area (TPSA) is 95.9 Å². The number of ether oxygens (including phenoxy) is 1. The van der Waals surface area contributed by atoms with Gasteiger partial charge < -0.3 is 9.84 Å². The Morgan fingerprint density at radius 1 is 1.28 bits per heavy atom. The van der Waals surface area contributed by atoms with E-state index in [4.69, 9.17) is 9.84 Å². The molecule has 0 radical (unpaired) electrons. The van der Waals surface area contributed by atoms with Crippen molar-refractivity contribution in [3.8, 4) is 5.75 Å². The van der Waals surface area contributed by atoms with Crippen molar-refractivity contribution in [2.75, 3.05) is 26.7 Å². The van der Waals surface area contributed by atoms with Gasteiger partial charge in [0.05, 0.1) is 12.7 Å². The standard InChI is InChI=1S/C17H26N2O5S/c1-17(2,19-9-5-4-6-10-19)12-18-25(22,23)15-11-13(16(20)21)7-8-14(15)24-3/h7-8,11,18H,4-6,9-10,12H2,1-3H3,(H,20,21). The van der Waals surface area contributed by atoms with Crippen molar-refractivity contribution in [1.29, 1.82) is 0 Å². The number of likely N-dealkylation sites (tertiary alicyclic amines) is 1. The van der Waals surface area contributed by atoms with Crippen LogP contribution in [0.5, 0.6) is 5.75 Å². The first-order valence-corrected chi connectivity index (χ1v) is 9.82. The Kier molecular flexibility index (Phi) is 6.08. The van der Waals surface area contributed by atoms with Crippen molar-refractivity contribution in [3.63, 3.8) is 0 Å². The molecule has 1 fully saturated rings. The van der Waals surface area contributed by atoms with Crippen LogP contribution in [0.3, 0.4) is 0 Å². The summed E-state index contributed by atoms with van der Waals surface area (Å²) >= 11 is 0. The maximum absolute atomic E-state index is 12.7. The maximum Gasteiger partial charge on any atom is 0.335 e. The normalized spacial score (nSPS) is 16.6. The zero-order chi connectivity index (χ0) is 18.7. The first-order chi connectivity index (χ1) is 11.7. The lowest BCUT2D eigenvalue weighted by Crippen LogP contribution is -2.53. The van der Waals surface area contributed by atoms with Gasteiger partial charge in [-0.1, -0.05) is 6.42 Å². The zero-order valence-electron chi connectivity index (χ0n) is 14.9. The minimum Gasteiger partial charge on any atom is -0.495 e. The predicted octanol–water partition coefficient (Wildman–Crippen LogP) is 1.94. The Morgan fingerprint density at radius 2 is 1.92 bits per heavy atom. The molecule has 8 heteroatoms. The minimum absolute atomic E-state index is 0.100. The van der Waals surface area contributed by atoms with Crippen LogP contribution in [0, 0.1) is 0 Å². The van der Waals surface area contributed by atoms with Gasteiger partial charge in [0.2, 0.25) is 10.0 Å². The van der Waals surface area contributed by atoms with Crippen LogP contribution in [-0.2, 0) is 10.0 Å². The summed E-state index contributed by atoms with van der Waals surface area (Å²) in [4.78, 5) is 13.3. The molecule has 1 saturated heterocycles. The second-order valence-corrected chi connectivity index (χ2v) is 8.59. The number of nitrogens with one attached hydrogen (secondary N) is 1. The largest absolute Gasteiger partial charge is 0.495 e. The summed E-state index contributed by atoms with van der Waals surface area (Å²) in [5.74, 6) is -1.07. The van der Waals surface area contributed by atoms with Gasteiger partial charge in [0.1, 0.15) is 10.6 Å². The van der Waals surface area contributed by atoms with Crippen LogP contribution in [0.2, 0.25) is 0 Å². The number of hydrogen-bond acceptors (Lipinski definition) is 5. The van der Waals surface area contributed by atoms with Gasteiger partial charge >= 0.3 is 5.97 Å². The Balaban J connectivity index is 2.21. The van der Waals surface area contributed by atoms with Gasteiger partial charge in [0.15, 0.2) is 0 Å². The third kappa shape index (κ3) is 4.71. The minimum atomic E-state index is -3.90. The fourth-order valence-corrected chi connectivity index (χ4v) is 4.38. The lowest BCUT2D eigenvalue weighted by molar-refractivity contribution is 0.0696. The van der Waals surface area contributed by atoms with Gasteiger partial charge in [0, 0.05) is 12.1 Å². The number of aromatic carboxylic acids is 1. The number of benzene rings is 1. The van der Waals surface area contributed by atoms with E-state index in [1.54, 1.807) is 0 Å². The van der Waals surface area contributed by atoms with Gasteiger partial charge in [0.25, 0.3) is 0 Å². The number of carboxylic acid groups (broad SMARTS) is 1. The molecule has 2 rings (SSSR count). The van der Waals surface area contributed by atoms with Crippen LogP contribution in [0.25, 0.3) is 0 Å². The number of methoxy groups -OCH3 is 1. The highest BCUT2D eigenvalue weighted by Gasteiger charge is 2.30. The molecule has 140 valence electrons. The van der Waals surface area contributed by atoms with Crippen molar-refractivity contribution in [2.24, 2.45) is 0 Å². The number of rotatable bonds is 7. The van der Waals surface area contributed by atoms with E-state index in [9.17, 15) is 13.2 Å². The molecule has 7 nitrogen and oxygen atoms in total. The van der Waals surface area contributed by atoms with Gasteiger partial charge in [-0.2, -0.15) is 0 Å². The van der Waals surface area contributed by atoms with Crippen LogP contribution in [0.4, 0.5) is 0 Å². The fourth-order valence-electron chi connectivity index (χ4n) is 2.98. The first kappa shape index (κ1) is 19.7. The number of hydrogen-bond donors (Lipinski definition) is 2. The fraction of sp³-hybridized carbons (Fsp3) is 0.588. The molecule has 2 N–H and O–H groups in total. The molecule has 0 amide bonds. The highest BCUT2D eigenvalue weighted by molar-refractivity contribution is 7.89. The summed E-state index contributed by atoms with van der Waals surface area (Å²) in [5.41, 5.74) is -0.429. The van der Waals surface area contributed by atoms with Gasteiger partial charge in [-0.15, -0.1) is 0 Å². The van der Waals surface area contributed by atoms with Crippen LogP contribution in [-0.4, -0.2) is 56.7 Å². The molecule has 0 aliphatic carbocycles. The average Bonchev–Trinajstić information content (AvgIpc) is 2.60. The van der Waals surface area contributed by atoms with Crippen LogP contribution in [0.15, 0.2) is 23.1 Å². The summed E-state index contributed by atoms with van der Waals surface area (Å²) in [5, 5.41) is 9.11. The molecule has 0 saturated carbocycles. The van der Waals surface area contributed by atoms with E-state index < -0.39 is 16.0 Å². The Labute approximate surface area is 149 Å². The summed E-state index contributed by atoms with van der Waals surface area (Å²) in [6.07, 6.45) is 3.44. The molecule has 1 aromatic carbocycles. The van der Waals surface area contributed by atoms with E-state index in [0.717, 1.165) is 32.0 Å². The monoisotopic (exact) mass is 370 g/mol. The third-order valence-electron chi connectivity index (χ3n) is 4.61. The lowest BCUT2D eigenvalue weighted by atomic mass is 9.99. The summed E-state index contributed by atoms with van der Waals surface area (Å²) in [6, 6.07) is 3.79. The van der Waals surface area contributed by atoms with Crippen molar-refractivity contribution in [1.82, 2.24) is 9.62 Å². The smallest absolute Gasteiger partial charge is 0.335 e. The van der Waals surface area contributed by atoms with Crippen LogP contribution < -0.4 is 9.46 Å². The molecule has 0 spiro atoms. The van der Waals surface area contributed by atoms with Crippen molar-refractivity contribution < 1.29 is 23.1 Å². The second-order valence-electron chi connectivity index (χ2n) is 6.86. The molecule has 1 aliphatic rings. The number of nitrogens with zero attached hydrogens (tertiary/aromatic N) is 1. The SMILES string of the molecule is COc1ccc(C(=O)O)cc1S(=O)(=O)NCC(C)(C)N1CCCCC1. The molecule has 25 heavy (non-hydrogen) atoms. The summed E-state index contributed by atoms with van der Waals surface area (Å²) < 4.78 is 33.1. The molecular formula is C17H26N2O5S. The molecule has 0 bridgehead atoms. The third-order valence-corrected chi connectivity index (χ3v) is 6.03. The van der Waals surface area contributed by atoms with E-state index in [0.29, 0.717) is 0 Å². The summed E-state index contributed by atoms with van der Waals surface area (Å²) in [7, 11) is -2.54. The quantitative estimate of drug-likeness (QED) is 0.761. The van der Waals surface area contributed by atoms with Crippen molar-refractivity contribution in [3.05, 3.63) is 23.8 Å². The van der Waals surface area contributed by atoms with Gasteiger partial charge in [-0.05, 0) is 58.0 Å². The zero-order valence-corrected chi connectivity index (χ0v) is 15.7. The Hall–Kier alpha value is -1.64. The van der Waals surface area contributed by atoms with E-state index in [-0.39, 0.29) is 28.3 Å². The van der Waals surface area contributed by atoms with E-state index >= 15 is 0 Å². The molecule has 0 unspecified atom stereocenters. The lowest BCUT2D eigenvalue weighted by Gasteiger charge is -2.41. The van der Waals surface area contributed by atoms with E-state index in [1.165, 1.54) is 25.7 Å². The van der Waals surface area contributed by atoms with E-state index in [1.807, 2.05) is 13.8 Å². The number of sulfonamides is 1. The van der Waals surface area contributed by atoms with Crippen molar-refractivity contribution >= 4 is 16.0 Å². The Morgan fingerprint density at radius 3 is 2.48 bits per heavy atom. The Bertz CT molecular complexity index is 725. The number of carbonyl (C=O) groups is 1. The maximum atomic E-state index is 12.7. The van der Waals surface area contributed by atoms with Gasteiger partial charge in [-0.25, -0.2) is 17.9 Å². The molecule has 0 aromatic heterocycles. The molecule has 1 heterocycles. The molecule has 0 atom stereocenters. The van der Waals surface area contributed by atoms with E-state index in [2.05, 4.69) is 9.62 Å². The highest BCUT2D eigenvalue weighted by atomic mass is 32.2. The molecule has 1 aromatic rings. The first-order valence-electron chi connectivity index (χ1n) is 8.33.